The molecule has 1 aliphatic heterocycles. The Morgan fingerprint density at radius 3 is 2.33 bits per heavy atom. The second-order valence-corrected chi connectivity index (χ2v) is 8.05. The van der Waals surface area contributed by atoms with Gasteiger partial charge in [-0.15, -0.1) is 0 Å². The minimum Gasteiger partial charge on any atom is -0.494 e. The predicted octanol–water partition coefficient (Wildman–Crippen LogP) is 2.37. The second kappa shape index (κ2) is 8.06. The topological polar surface area (TPSA) is 66.9 Å². The molecule has 6 nitrogen and oxygen atoms in total. The zero-order valence-electron chi connectivity index (χ0n) is 15.0. The molecule has 0 aliphatic carbocycles. The fourth-order valence-corrected chi connectivity index (χ4v) is 4.41. The van der Waals surface area contributed by atoms with Crippen molar-refractivity contribution in [1.82, 2.24) is 9.21 Å². The van der Waals surface area contributed by atoms with E-state index in [0.717, 1.165) is 6.07 Å². The van der Waals surface area contributed by atoms with Crippen LogP contribution in [0.25, 0.3) is 0 Å². The first kappa shape index (κ1) is 19.3. The first-order chi connectivity index (χ1) is 12.9. The van der Waals surface area contributed by atoms with E-state index in [9.17, 15) is 17.6 Å². The summed E-state index contributed by atoms with van der Waals surface area (Å²) in [6.45, 7) is 3.33. The van der Waals surface area contributed by atoms with Gasteiger partial charge in [-0.2, -0.15) is 4.31 Å². The monoisotopic (exact) mass is 392 g/mol. The summed E-state index contributed by atoms with van der Waals surface area (Å²) in [4.78, 5) is 14.2. The van der Waals surface area contributed by atoms with E-state index >= 15 is 0 Å². The molecule has 3 rings (SSSR count). The lowest BCUT2D eigenvalue weighted by Gasteiger charge is -2.34. The third-order valence-corrected chi connectivity index (χ3v) is 6.27. The molecule has 1 amide bonds. The normalized spacial score (nSPS) is 15.6. The van der Waals surface area contributed by atoms with Crippen molar-refractivity contribution in [3.8, 4) is 5.75 Å². The minimum absolute atomic E-state index is 0.0752. The number of sulfonamides is 1. The number of piperazine rings is 1. The Bertz CT molecular complexity index is 908. The van der Waals surface area contributed by atoms with Crippen LogP contribution in [-0.2, 0) is 10.0 Å². The number of hydrogen-bond donors (Lipinski definition) is 0. The zero-order chi connectivity index (χ0) is 19.4. The summed E-state index contributed by atoms with van der Waals surface area (Å²) in [5, 5.41) is 0. The Hall–Kier alpha value is -2.45. The van der Waals surface area contributed by atoms with Gasteiger partial charge in [-0.05, 0) is 49.4 Å². The molecule has 0 atom stereocenters. The highest BCUT2D eigenvalue weighted by atomic mass is 32.2. The molecule has 1 saturated heterocycles. The maximum atomic E-state index is 13.4. The Morgan fingerprint density at radius 1 is 1.07 bits per heavy atom. The minimum atomic E-state index is -3.77. The van der Waals surface area contributed by atoms with Crippen molar-refractivity contribution in [2.24, 2.45) is 0 Å². The number of carbonyl (C=O) groups is 1. The van der Waals surface area contributed by atoms with Crippen LogP contribution < -0.4 is 4.74 Å². The smallest absolute Gasteiger partial charge is 0.253 e. The lowest BCUT2D eigenvalue weighted by Crippen LogP contribution is -2.50. The molecular weight excluding hydrogens is 371 g/mol. The number of ether oxygens (including phenoxy) is 1. The van der Waals surface area contributed by atoms with Crippen molar-refractivity contribution in [3.63, 3.8) is 0 Å². The van der Waals surface area contributed by atoms with Crippen LogP contribution in [0, 0.1) is 5.82 Å². The van der Waals surface area contributed by atoms with Crippen molar-refractivity contribution in [2.75, 3.05) is 32.8 Å². The molecule has 1 heterocycles. The molecule has 0 unspecified atom stereocenters. The molecule has 144 valence electrons. The SMILES string of the molecule is CCOc1ccc(C(=O)N2CCN(S(=O)(=O)c3cccc(F)c3)CC2)cc1. The third-order valence-electron chi connectivity index (χ3n) is 4.37. The van der Waals surface area contributed by atoms with E-state index in [-0.39, 0.29) is 37.0 Å². The van der Waals surface area contributed by atoms with Gasteiger partial charge in [-0.3, -0.25) is 4.79 Å². The van der Waals surface area contributed by atoms with Crippen molar-refractivity contribution < 1.29 is 22.3 Å². The van der Waals surface area contributed by atoms with Gasteiger partial charge in [0, 0.05) is 31.7 Å². The van der Waals surface area contributed by atoms with E-state index in [4.69, 9.17) is 4.74 Å². The average molecular weight is 392 g/mol. The number of carbonyl (C=O) groups excluding carboxylic acids is 1. The molecule has 0 bridgehead atoms. The molecule has 1 aliphatic rings. The average Bonchev–Trinajstić information content (AvgIpc) is 2.68. The van der Waals surface area contributed by atoms with Gasteiger partial charge in [0.05, 0.1) is 11.5 Å². The number of hydrogen-bond acceptors (Lipinski definition) is 4. The first-order valence-corrected chi connectivity index (χ1v) is 10.1. The van der Waals surface area contributed by atoms with Crippen molar-refractivity contribution >= 4 is 15.9 Å². The highest BCUT2D eigenvalue weighted by molar-refractivity contribution is 7.89. The summed E-state index contributed by atoms with van der Waals surface area (Å²) in [7, 11) is -3.77. The van der Waals surface area contributed by atoms with Crippen molar-refractivity contribution in [3.05, 3.63) is 59.9 Å². The first-order valence-electron chi connectivity index (χ1n) is 8.69. The molecule has 0 spiro atoms. The van der Waals surface area contributed by atoms with Crippen molar-refractivity contribution in [1.29, 1.82) is 0 Å². The molecule has 2 aromatic carbocycles. The standard InChI is InChI=1S/C19H21FN2O4S/c1-2-26-17-8-6-15(7-9-17)19(23)21-10-12-22(13-11-21)27(24,25)18-5-3-4-16(20)14-18/h3-9,14H,2,10-13H2,1H3. The zero-order valence-corrected chi connectivity index (χ0v) is 15.8. The van der Waals surface area contributed by atoms with Gasteiger partial charge in [0.2, 0.25) is 10.0 Å². The number of rotatable bonds is 5. The van der Waals surface area contributed by atoms with Crippen LogP contribution in [0.3, 0.4) is 0 Å². The lowest BCUT2D eigenvalue weighted by molar-refractivity contribution is 0.0698. The van der Waals surface area contributed by atoms with E-state index in [1.54, 1.807) is 29.2 Å². The Kier molecular flexibility index (Phi) is 5.76. The van der Waals surface area contributed by atoms with E-state index in [0.29, 0.717) is 17.9 Å². The van der Waals surface area contributed by atoms with Crippen molar-refractivity contribution in [2.45, 2.75) is 11.8 Å². The predicted molar refractivity (Wildman–Crippen MR) is 98.7 cm³/mol. The molecule has 2 aromatic rings. The van der Waals surface area contributed by atoms with Gasteiger partial charge in [0.15, 0.2) is 0 Å². The van der Waals surface area contributed by atoms with Gasteiger partial charge in [-0.1, -0.05) is 6.07 Å². The fourth-order valence-electron chi connectivity index (χ4n) is 2.95. The second-order valence-electron chi connectivity index (χ2n) is 6.11. The van der Waals surface area contributed by atoms with Crippen LogP contribution in [0.1, 0.15) is 17.3 Å². The summed E-state index contributed by atoms with van der Waals surface area (Å²) < 4.78 is 45.3. The Balaban J connectivity index is 1.65. The quantitative estimate of drug-likeness (QED) is 0.784. The van der Waals surface area contributed by atoms with Crippen LogP contribution in [0.15, 0.2) is 53.4 Å². The van der Waals surface area contributed by atoms with E-state index in [1.165, 1.54) is 22.5 Å². The van der Waals surface area contributed by atoms with E-state index < -0.39 is 15.8 Å². The van der Waals surface area contributed by atoms with Crippen LogP contribution in [0.2, 0.25) is 0 Å². The maximum Gasteiger partial charge on any atom is 0.253 e. The van der Waals surface area contributed by atoms with Crippen LogP contribution >= 0.6 is 0 Å². The molecule has 0 aromatic heterocycles. The summed E-state index contributed by atoms with van der Waals surface area (Å²) >= 11 is 0. The molecular formula is C19H21FN2O4S. The highest BCUT2D eigenvalue weighted by Crippen LogP contribution is 2.20. The number of benzene rings is 2. The number of nitrogens with zero attached hydrogens (tertiary/aromatic N) is 2. The van der Waals surface area contributed by atoms with Crippen LogP contribution in [-0.4, -0.2) is 56.3 Å². The molecule has 0 radical (unpaired) electrons. The molecule has 8 heteroatoms. The van der Waals surface area contributed by atoms with Gasteiger partial charge >= 0.3 is 0 Å². The van der Waals surface area contributed by atoms with E-state index in [2.05, 4.69) is 0 Å². The summed E-state index contributed by atoms with van der Waals surface area (Å²) in [6.07, 6.45) is 0. The third kappa shape index (κ3) is 4.28. The number of amides is 1. The molecule has 0 saturated carbocycles. The Morgan fingerprint density at radius 2 is 1.74 bits per heavy atom. The van der Waals surface area contributed by atoms with Crippen LogP contribution in [0.4, 0.5) is 4.39 Å². The molecule has 27 heavy (non-hydrogen) atoms. The lowest BCUT2D eigenvalue weighted by atomic mass is 10.2. The maximum absolute atomic E-state index is 13.4. The van der Waals surface area contributed by atoms with Gasteiger partial charge in [0.25, 0.3) is 5.91 Å². The van der Waals surface area contributed by atoms with Gasteiger partial charge in [0.1, 0.15) is 11.6 Å². The van der Waals surface area contributed by atoms with Gasteiger partial charge in [-0.25, -0.2) is 12.8 Å². The summed E-state index contributed by atoms with van der Waals surface area (Å²) in [5.74, 6) is -0.0544. The Labute approximate surface area is 158 Å². The fraction of sp³-hybridized carbons (Fsp3) is 0.316. The summed E-state index contributed by atoms with van der Waals surface area (Å²) in [6, 6.07) is 11.8. The molecule has 0 N–H and O–H groups in total. The molecule has 1 fully saturated rings. The van der Waals surface area contributed by atoms with Crippen LogP contribution in [0.5, 0.6) is 5.75 Å². The van der Waals surface area contributed by atoms with E-state index in [1.807, 2.05) is 6.92 Å². The van der Waals surface area contributed by atoms with Gasteiger partial charge < -0.3 is 9.64 Å². The number of halogens is 1. The largest absolute Gasteiger partial charge is 0.494 e. The summed E-state index contributed by atoms with van der Waals surface area (Å²) in [5.41, 5.74) is 0.528. The highest BCUT2D eigenvalue weighted by Gasteiger charge is 2.30.